The van der Waals surface area contributed by atoms with Crippen LogP contribution in [-0.4, -0.2) is 48.1 Å². The zero-order valence-electron chi connectivity index (χ0n) is 21.9. The van der Waals surface area contributed by atoms with Gasteiger partial charge in [0.2, 0.25) is 0 Å². The normalized spacial score (nSPS) is 38.3. The van der Waals surface area contributed by atoms with E-state index in [4.69, 9.17) is 4.84 Å². The predicted octanol–water partition coefficient (Wildman–Crippen LogP) is 6.36. The molecule has 4 rings (SSSR count). The summed E-state index contributed by atoms with van der Waals surface area (Å²) in [5.74, 6) is 2.24. The topological polar surface area (TPSA) is 45.1 Å². The second-order valence-electron chi connectivity index (χ2n) is 11.8. The van der Waals surface area contributed by atoms with Crippen molar-refractivity contribution >= 4 is 5.71 Å². The summed E-state index contributed by atoms with van der Waals surface area (Å²) in [6.45, 7) is 15.6. The number of nitrogens with zero attached hydrogens (tertiary/aromatic N) is 2. The van der Waals surface area contributed by atoms with Crippen LogP contribution in [0.4, 0.5) is 0 Å². The SMILES string of the molecule is CCCN(CCC)CCON=C(C)C1=CCC2C3CC=C4CC(O)CCC4(C)C3CCC12C. The van der Waals surface area contributed by atoms with E-state index in [9.17, 15) is 5.11 Å². The highest BCUT2D eigenvalue weighted by atomic mass is 16.6. The number of aliphatic hydroxyl groups excluding tert-OH is 1. The quantitative estimate of drug-likeness (QED) is 0.190. The maximum absolute atomic E-state index is 10.2. The zero-order chi connectivity index (χ0) is 23.6. The standard InChI is InChI=1S/C29H48N2O2/c1-6-16-31(17-7-2)18-19-33-30-21(3)25-10-11-26-24-9-8-22-20-23(32)12-14-28(22,4)27(24)13-15-29(25,26)5/h8,10,23-24,26-27,32H,6-7,9,11-20H2,1-5H3. The minimum Gasteiger partial charge on any atom is -0.394 e. The molecule has 4 heteroatoms. The maximum Gasteiger partial charge on any atom is 0.129 e. The van der Waals surface area contributed by atoms with Gasteiger partial charge in [-0.25, -0.2) is 0 Å². The van der Waals surface area contributed by atoms with Crippen molar-refractivity contribution in [3.05, 3.63) is 23.3 Å². The van der Waals surface area contributed by atoms with Gasteiger partial charge in [-0.05, 0) is 112 Å². The molecule has 0 heterocycles. The van der Waals surface area contributed by atoms with E-state index in [0.717, 1.165) is 56.4 Å². The molecular formula is C29H48N2O2. The predicted molar refractivity (Wildman–Crippen MR) is 137 cm³/mol. The van der Waals surface area contributed by atoms with Crippen LogP contribution >= 0.6 is 0 Å². The van der Waals surface area contributed by atoms with Crippen molar-refractivity contribution in [2.24, 2.45) is 33.7 Å². The van der Waals surface area contributed by atoms with Crippen molar-refractivity contribution in [2.45, 2.75) is 98.5 Å². The highest BCUT2D eigenvalue weighted by molar-refractivity contribution is 5.99. The van der Waals surface area contributed by atoms with Gasteiger partial charge in [0.15, 0.2) is 0 Å². The Balaban J connectivity index is 1.40. The molecule has 4 aliphatic carbocycles. The lowest BCUT2D eigenvalue weighted by Crippen LogP contribution is -2.50. The third-order valence-corrected chi connectivity index (χ3v) is 9.83. The molecule has 2 saturated carbocycles. The Kier molecular flexibility index (Phi) is 7.75. The molecule has 0 aromatic rings. The van der Waals surface area contributed by atoms with Crippen molar-refractivity contribution < 1.29 is 9.94 Å². The van der Waals surface area contributed by atoms with E-state index in [1.54, 1.807) is 5.57 Å². The molecule has 0 aliphatic heterocycles. The number of hydrogen-bond donors (Lipinski definition) is 1. The number of oxime groups is 1. The third kappa shape index (κ3) is 4.72. The van der Waals surface area contributed by atoms with E-state index >= 15 is 0 Å². The van der Waals surface area contributed by atoms with Crippen molar-refractivity contribution in [3.8, 4) is 0 Å². The molecule has 6 atom stereocenters. The maximum atomic E-state index is 10.2. The molecule has 1 N–H and O–H groups in total. The van der Waals surface area contributed by atoms with Gasteiger partial charge < -0.3 is 9.94 Å². The molecule has 33 heavy (non-hydrogen) atoms. The Morgan fingerprint density at radius 3 is 2.48 bits per heavy atom. The molecular weight excluding hydrogens is 408 g/mol. The summed E-state index contributed by atoms with van der Waals surface area (Å²) < 4.78 is 0. The largest absolute Gasteiger partial charge is 0.394 e. The van der Waals surface area contributed by atoms with Gasteiger partial charge in [0.1, 0.15) is 6.61 Å². The van der Waals surface area contributed by atoms with Crippen molar-refractivity contribution in [3.63, 3.8) is 0 Å². The van der Waals surface area contributed by atoms with E-state index in [1.807, 2.05) is 0 Å². The first-order valence-corrected chi connectivity index (χ1v) is 13.8. The van der Waals surface area contributed by atoms with Gasteiger partial charge in [-0.3, -0.25) is 4.90 Å². The van der Waals surface area contributed by atoms with Crippen LogP contribution in [0.25, 0.3) is 0 Å². The third-order valence-electron chi connectivity index (χ3n) is 9.83. The van der Waals surface area contributed by atoms with Crippen LogP contribution in [0.1, 0.15) is 92.4 Å². The Bertz CT molecular complexity index is 780. The van der Waals surface area contributed by atoms with Crippen LogP contribution in [-0.2, 0) is 4.84 Å². The van der Waals surface area contributed by atoms with E-state index in [-0.39, 0.29) is 11.5 Å². The fraction of sp³-hybridized carbons (Fsp3) is 0.828. The molecule has 2 fully saturated rings. The van der Waals surface area contributed by atoms with E-state index in [0.29, 0.717) is 17.9 Å². The smallest absolute Gasteiger partial charge is 0.129 e. The van der Waals surface area contributed by atoms with Crippen LogP contribution in [0.5, 0.6) is 0 Å². The summed E-state index contributed by atoms with van der Waals surface area (Å²) in [5.41, 5.74) is 4.63. The number of aliphatic hydroxyl groups is 1. The molecule has 0 saturated heterocycles. The molecule has 4 nitrogen and oxygen atoms in total. The van der Waals surface area contributed by atoms with Gasteiger partial charge in [-0.15, -0.1) is 0 Å². The van der Waals surface area contributed by atoms with Crippen LogP contribution in [0.3, 0.4) is 0 Å². The molecule has 0 bridgehead atoms. The Hall–Kier alpha value is -1.13. The highest BCUT2D eigenvalue weighted by Gasteiger charge is 2.56. The van der Waals surface area contributed by atoms with Gasteiger partial charge in [-0.2, -0.15) is 0 Å². The summed E-state index contributed by atoms with van der Waals surface area (Å²) in [6, 6.07) is 0. The zero-order valence-corrected chi connectivity index (χ0v) is 21.9. The average Bonchev–Trinajstić information content (AvgIpc) is 3.14. The number of fused-ring (bicyclic) bond motifs is 5. The summed E-state index contributed by atoms with van der Waals surface area (Å²) in [7, 11) is 0. The first-order chi connectivity index (χ1) is 15.8. The monoisotopic (exact) mass is 456 g/mol. The Labute approximate surface area is 202 Å². The number of allylic oxidation sites excluding steroid dienone is 3. The summed E-state index contributed by atoms with van der Waals surface area (Å²) in [5, 5.41) is 14.8. The van der Waals surface area contributed by atoms with Gasteiger partial charge in [0.25, 0.3) is 0 Å². The molecule has 4 aliphatic rings. The molecule has 0 aromatic carbocycles. The highest BCUT2D eigenvalue weighted by Crippen LogP contribution is 2.65. The van der Waals surface area contributed by atoms with Crippen molar-refractivity contribution in [2.75, 3.05) is 26.2 Å². The summed E-state index contributed by atoms with van der Waals surface area (Å²) in [4.78, 5) is 8.31. The number of hydrogen-bond acceptors (Lipinski definition) is 4. The molecule has 186 valence electrons. The number of rotatable bonds is 9. The lowest BCUT2D eigenvalue weighted by Gasteiger charge is -2.57. The molecule has 0 radical (unpaired) electrons. The second-order valence-corrected chi connectivity index (χ2v) is 11.8. The van der Waals surface area contributed by atoms with Crippen LogP contribution in [0.15, 0.2) is 28.5 Å². The lowest BCUT2D eigenvalue weighted by atomic mass is 9.47. The summed E-state index contributed by atoms with van der Waals surface area (Å²) >= 11 is 0. The molecule has 0 spiro atoms. The van der Waals surface area contributed by atoms with Gasteiger partial charge in [-0.1, -0.05) is 50.6 Å². The molecule has 0 aromatic heterocycles. The first-order valence-electron chi connectivity index (χ1n) is 13.8. The summed E-state index contributed by atoms with van der Waals surface area (Å²) in [6.07, 6.45) is 15.2. The Morgan fingerprint density at radius 1 is 1.03 bits per heavy atom. The van der Waals surface area contributed by atoms with E-state index < -0.39 is 0 Å². The second kappa shape index (κ2) is 10.2. The molecule has 6 unspecified atom stereocenters. The first kappa shape index (κ1) is 25.0. The van der Waals surface area contributed by atoms with Crippen LogP contribution < -0.4 is 0 Å². The van der Waals surface area contributed by atoms with Crippen molar-refractivity contribution in [1.29, 1.82) is 0 Å². The minimum atomic E-state index is -0.121. The van der Waals surface area contributed by atoms with Gasteiger partial charge in [0, 0.05) is 6.54 Å². The van der Waals surface area contributed by atoms with Gasteiger partial charge in [0.05, 0.1) is 11.8 Å². The Morgan fingerprint density at radius 2 is 1.76 bits per heavy atom. The van der Waals surface area contributed by atoms with E-state index in [1.165, 1.54) is 44.1 Å². The average molecular weight is 457 g/mol. The fourth-order valence-electron chi connectivity index (χ4n) is 8.10. The van der Waals surface area contributed by atoms with Crippen LogP contribution in [0, 0.1) is 28.6 Å². The minimum absolute atomic E-state index is 0.121. The fourth-order valence-corrected chi connectivity index (χ4v) is 8.10. The van der Waals surface area contributed by atoms with Crippen LogP contribution in [0.2, 0.25) is 0 Å². The van der Waals surface area contributed by atoms with Crippen molar-refractivity contribution in [1.82, 2.24) is 4.90 Å². The lowest BCUT2D eigenvalue weighted by molar-refractivity contribution is -0.0280. The molecule has 0 amide bonds. The van der Waals surface area contributed by atoms with E-state index in [2.05, 4.69) is 56.8 Å². The van der Waals surface area contributed by atoms with Gasteiger partial charge >= 0.3 is 0 Å².